The fourth-order valence-corrected chi connectivity index (χ4v) is 1.21. The second-order valence-electron chi connectivity index (χ2n) is 2.74. The second-order valence-corrected chi connectivity index (χ2v) is 2.74. The Hall–Kier alpha value is -0.200. The number of nitrogens with one attached hydrogen (secondary N) is 1. The van der Waals surface area contributed by atoms with E-state index in [2.05, 4.69) is 5.32 Å². The minimum Gasteiger partial charge on any atom is -0.394 e. The van der Waals surface area contributed by atoms with Crippen LogP contribution in [0.25, 0.3) is 0 Å². The highest BCUT2D eigenvalue weighted by Gasteiger charge is 2.36. The summed E-state index contributed by atoms with van der Waals surface area (Å²) in [5.74, 6) is 0. The van der Waals surface area contributed by atoms with E-state index in [0.717, 1.165) is 0 Å². The van der Waals surface area contributed by atoms with Crippen LogP contribution in [0.4, 0.5) is 0 Å². The van der Waals surface area contributed by atoms with Gasteiger partial charge < -0.3 is 25.7 Å². The Labute approximate surface area is 64.3 Å². The molecule has 5 N–H and O–H groups in total. The zero-order valence-electron chi connectivity index (χ0n) is 6.01. The van der Waals surface area contributed by atoms with Crippen molar-refractivity contribution >= 4 is 0 Å². The van der Waals surface area contributed by atoms with Gasteiger partial charge in [-0.3, -0.25) is 0 Å². The summed E-state index contributed by atoms with van der Waals surface area (Å²) in [5, 5.41) is 38.5. The number of β-amino-alcohol motifs (C(OH)–C–C–N with tert-alkyl or cyclic N) is 1. The summed E-state index contributed by atoms with van der Waals surface area (Å²) in [6, 6.07) is -0.616. The Kier molecular flexibility index (Phi) is 2.80. The van der Waals surface area contributed by atoms with Gasteiger partial charge in [0.15, 0.2) is 0 Å². The molecule has 1 saturated heterocycles. The highest BCUT2D eigenvalue weighted by Crippen LogP contribution is 2.10. The number of aliphatic hydroxyl groups is 4. The molecule has 0 bridgehead atoms. The minimum absolute atomic E-state index is 0.253. The van der Waals surface area contributed by atoms with Crippen molar-refractivity contribution < 1.29 is 20.4 Å². The number of hydrogen-bond acceptors (Lipinski definition) is 5. The van der Waals surface area contributed by atoms with Gasteiger partial charge in [0.05, 0.1) is 31.0 Å². The standard InChI is InChI=1S/C6H13NO4/c8-2-4(10)5-6(11)3(9)1-7-5/h3-11H,1-2H2/t3-,4?,5+,6-/m0/s1. The highest BCUT2D eigenvalue weighted by molar-refractivity contribution is 4.94. The molecule has 0 spiro atoms. The Morgan fingerprint density at radius 1 is 1.45 bits per heavy atom. The third-order valence-electron chi connectivity index (χ3n) is 1.93. The first-order chi connectivity index (χ1) is 5.16. The Morgan fingerprint density at radius 3 is 2.45 bits per heavy atom. The molecule has 0 aromatic heterocycles. The third-order valence-corrected chi connectivity index (χ3v) is 1.93. The number of aliphatic hydroxyl groups excluding tert-OH is 4. The zero-order valence-corrected chi connectivity index (χ0v) is 6.01. The first-order valence-electron chi connectivity index (χ1n) is 3.55. The lowest BCUT2D eigenvalue weighted by Gasteiger charge is -2.19. The van der Waals surface area contributed by atoms with Gasteiger partial charge in [-0.2, -0.15) is 0 Å². The fourth-order valence-electron chi connectivity index (χ4n) is 1.21. The topological polar surface area (TPSA) is 93.0 Å². The van der Waals surface area contributed by atoms with E-state index in [1.807, 2.05) is 0 Å². The molecule has 5 heteroatoms. The Balaban J connectivity index is 2.47. The van der Waals surface area contributed by atoms with Crippen LogP contribution < -0.4 is 5.32 Å². The molecule has 1 rings (SSSR count). The van der Waals surface area contributed by atoms with E-state index in [9.17, 15) is 5.11 Å². The number of rotatable bonds is 2. The van der Waals surface area contributed by atoms with E-state index in [-0.39, 0.29) is 6.54 Å². The average Bonchev–Trinajstić information content (AvgIpc) is 2.32. The van der Waals surface area contributed by atoms with Crippen molar-refractivity contribution in [2.75, 3.05) is 13.2 Å². The normalized spacial score (nSPS) is 40.9. The molecule has 1 fully saturated rings. The SMILES string of the molecule is OCC(O)[C@H]1NC[C@H](O)[C@@H]1O. The van der Waals surface area contributed by atoms with Crippen molar-refractivity contribution in [2.45, 2.75) is 24.4 Å². The first kappa shape index (κ1) is 8.89. The van der Waals surface area contributed by atoms with Crippen molar-refractivity contribution in [3.05, 3.63) is 0 Å². The molecule has 0 aromatic rings. The molecule has 1 heterocycles. The van der Waals surface area contributed by atoms with Gasteiger partial charge in [0.1, 0.15) is 0 Å². The van der Waals surface area contributed by atoms with E-state index in [1.54, 1.807) is 0 Å². The summed E-state index contributed by atoms with van der Waals surface area (Å²) in [6.07, 6.45) is -2.85. The molecule has 0 amide bonds. The predicted octanol–water partition coefficient (Wildman–Crippen LogP) is -2.97. The van der Waals surface area contributed by atoms with Crippen LogP contribution in [0.15, 0.2) is 0 Å². The van der Waals surface area contributed by atoms with Crippen LogP contribution in [0.1, 0.15) is 0 Å². The molecule has 0 aliphatic carbocycles. The minimum atomic E-state index is -1.01. The molecule has 0 radical (unpaired) electrons. The molecule has 4 atom stereocenters. The Morgan fingerprint density at radius 2 is 2.09 bits per heavy atom. The van der Waals surface area contributed by atoms with Crippen molar-refractivity contribution in [1.82, 2.24) is 5.32 Å². The van der Waals surface area contributed by atoms with Gasteiger partial charge in [-0.05, 0) is 0 Å². The molecular weight excluding hydrogens is 150 g/mol. The van der Waals surface area contributed by atoms with E-state index >= 15 is 0 Å². The van der Waals surface area contributed by atoms with Gasteiger partial charge >= 0.3 is 0 Å². The third kappa shape index (κ3) is 1.69. The van der Waals surface area contributed by atoms with E-state index in [1.165, 1.54) is 0 Å². The molecule has 0 saturated carbocycles. The van der Waals surface area contributed by atoms with Crippen molar-refractivity contribution in [2.24, 2.45) is 0 Å². The maximum atomic E-state index is 9.18. The highest BCUT2D eigenvalue weighted by atomic mass is 16.3. The van der Waals surface area contributed by atoms with Gasteiger partial charge in [0.25, 0.3) is 0 Å². The lowest BCUT2D eigenvalue weighted by molar-refractivity contribution is -0.00977. The van der Waals surface area contributed by atoms with E-state index in [4.69, 9.17) is 15.3 Å². The van der Waals surface area contributed by atoms with Crippen LogP contribution in [0.5, 0.6) is 0 Å². The van der Waals surface area contributed by atoms with Crippen LogP contribution in [0.2, 0.25) is 0 Å². The summed E-state index contributed by atoms with van der Waals surface area (Å²) in [5.41, 5.74) is 0. The van der Waals surface area contributed by atoms with Gasteiger partial charge in [-0.25, -0.2) is 0 Å². The molecule has 66 valence electrons. The molecular formula is C6H13NO4. The molecule has 1 aliphatic heterocycles. The lowest BCUT2D eigenvalue weighted by atomic mass is 10.1. The van der Waals surface area contributed by atoms with Gasteiger partial charge in [0, 0.05) is 6.54 Å². The monoisotopic (exact) mass is 163 g/mol. The summed E-state index contributed by atoms with van der Waals surface area (Å²) < 4.78 is 0. The van der Waals surface area contributed by atoms with Crippen LogP contribution in [0.3, 0.4) is 0 Å². The van der Waals surface area contributed by atoms with Crippen LogP contribution in [0, 0.1) is 0 Å². The average molecular weight is 163 g/mol. The Bertz CT molecular complexity index is 132. The maximum absolute atomic E-state index is 9.18. The largest absolute Gasteiger partial charge is 0.394 e. The van der Waals surface area contributed by atoms with Crippen molar-refractivity contribution in [1.29, 1.82) is 0 Å². The van der Waals surface area contributed by atoms with Crippen LogP contribution in [-0.2, 0) is 0 Å². The lowest BCUT2D eigenvalue weighted by Crippen LogP contribution is -2.44. The van der Waals surface area contributed by atoms with Gasteiger partial charge in [-0.15, -0.1) is 0 Å². The molecule has 11 heavy (non-hydrogen) atoms. The van der Waals surface area contributed by atoms with Gasteiger partial charge in [0.2, 0.25) is 0 Å². The summed E-state index contributed by atoms with van der Waals surface area (Å²) in [4.78, 5) is 0. The van der Waals surface area contributed by atoms with Gasteiger partial charge in [-0.1, -0.05) is 0 Å². The van der Waals surface area contributed by atoms with E-state index in [0.29, 0.717) is 0 Å². The zero-order chi connectivity index (χ0) is 8.43. The first-order valence-corrected chi connectivity index (χ1v) is 3.55. The summed E-state index contributed by atoms with van der Waals surface area (Å²) in [7, 11) is 0. The molecule has 5 nitrogen and oxygen atoms in total. The predicted molar refractivity (Wildman–Crippen MR) is 36.9 cm³/mol. The van der Waals surface area contributed by atoms with Crippen molar-refractivity contribution in [3.8, 4) is 0 Å². The van der Waals surface area contributed by atoms with E-state index < -0.39 is 31.0 Å². The smallest absolute Gasteiger partial charge is 0.0990 e. The second kappa shape index (κ2) is 3.46. The van der Waals surface area contributed by atoms with Crippen LogP contribution in [-0.4, -0.2) is 57.9 Å². The summed E-state index contributed by atoms with van der Waals surface area (Å²) in [6.45, 7) is -0.162. The quantitative estimate of drug-likeness (QED) is 0.300. The van der Waals surface area contributed by atoms with Crippen molar-refractivity contribution in [3.63, 3.8) is 0 Å². The molecule has 0 aromatic carbocycles. The maximum Gasteiger partial charge on any atom is 0.0990 e. The molecule has 1 unspecified atom stereocenters. The molecule has 1 aliphatic rings. The van der Waals surface area contributed by atoms with Crippen LogP contribution >= 0.6 is 0 Å². The number of hydrogen-bond donors (Lipinski definition) is 5. The fraction of sp³-hybridized carbons (Fsp3) is 1.00. The summed E-state index contributed by atoms with van der Waals surface area (Å²) >= 11 is 0.